The van der Waals surface area contributed by atoms with Crippen molar-refractivity contribution in [3.05, 3.63) is 0 Å². The second kappa shape index (κ2) is 6.30. The summed E-state index contributed by atoms with van der Waals surface area (Å²) in [5, 5.41) is 1.87. The van der Waals surface area contributed by atoms with Gasteiger partial charge in [-0.2, -0.15) is 16.8 Å². The Balaban J connectivity index is 0.000000318. The van der Waals surface area contributed by atoms with E-state index in [1.54, 1.807) is 0 Å². The summed E-state index contributed by atoms with van der Waals surface area (Å²) in [5.41, 5.74) is 0. The predicted octanol–water partition coefficient (Wildman–Crippen LogP) is -1.27. The van der Waals surface area contributed by atoms with Gasteiger partial charge < -0.3 is 0 Å². The molecule has 1 rings (SSSR count). The monoisotopic (exact) mass is 307 g/mol. The number of amides is 2. The summed E-state index contributed by atoms with van der Waals surface area (Å²) in [6.07, 6.45) is 0. The van der Waals surface area contributed by atoms with Gasteiger partial charge in [-0.05, 0) is 0 Å². The van der Waals surface area contributed by atoms with Crippen LogP contribution in [0.3, 0.4) is 0 Å². The zero-order chi connectivity index (χ0) is 13.7. The third-order valence-electron chi connectivity index (χ3n) is 1.18. The second-order valence-corrected chi connectivity index (χ2v) is 6.79. The average Bonchev–Trinajstić information content (AvgIpc) is 2.45. The number of thioether (sulfide) groups is 1. The third-order valence-corrected chi connectivity index (χ3v) is 3.64. The van der Waals surface area contributed by atoms with Crippen LogP contribution in [0.2, 0.25) is 0 Å². The van der Waals surface area contributed by atoms with Gasteiger partial charge >= 0.3 is 0 Å². The number of hydrogen-bond donors (Lipinski definition) is 3. The number of imide groups is 1. The fraction of sp³-hybridized carbons (Fsp3) is 0.600. The normalized spacial score (nSPS) is 16.1. The first-order chi connectivity index (χ1) is 7.49. The average molecular weight is 307 g/mol. The Hall–Kier alpha value is -0.690. The molecule has 0 aromatic carbocycles. The molecule has 1 aliphatic heterocycles. The molecule has 0 aliphatic carbocycles. The lowest BCUT2D eigenvalue weighted by molar-refractivity contribution is -0.117. The van der Waals surface area contributed by atoms with Crippen LogP contribution in [0.5, 0.6) is 0 Å². The fourth-order valence-electron chi connectivity index (χ4n) is 0.528. The first-order valence-electron chi connectivity index (χ1n) is 3.86. The summed E-state index contributed by atoms with van der Waals surface area (Å²) >= 11 is 1.01. The molecule has 9 nitrogen and oxygen atoms in total. The quantitative estimate of drug-likeness (QED) is 0.541. The largest absolute Gasteiger partial charge is 0.286 e. The standard InChI is InChI=1S/C3H3NO2S.C2H6O6S2/c5-2-1-7-3(6)4-2;3-9(4,5)1-2-10(6,7)8/h1H2,(H,4,5,6);1-2H2,(H,3,4,5)(H,6,7,8). The molecular formula is C5H9NO8S3. The molecule has 0 spiro atoms. The molecule has 17 heavy (non-hydrogen) atoms. The van der Waals surface area contributed by atoms with E-state index in [2.05, 4.69) is 5.32 Å². The number of hydrogen-bond acceptors (Lipinski definition) is 7. The van der Waals surface area contributed by atoms with Crippen LogP contribution < -0.4 is 5.32 Å². The smallest absolute Gasteiger partial charge is 0.286 e. The molecule has 1 aliphatic rings. The molecule has 12 heteroatoms. The van der Waals surface area contributed by atoms with Gasteiger partial charge in [-0.3, -0.25) is 24.0 Å². The summed E-state index contributed by atoms with van der Waals surface area (Å²) in [6, 6.07) is 0. The molecule has 0 bridgehead atoms. The van der Waals surface area contributed by atoms with E-state index >= 15 is 0 Å². The minimum atomic E-state index is -4.30. The first-order valence-corrected chi connectivity index (χ1v) is 8.07. The van der Waals surface area contributed by atoms with E-state index in [1.807, 2.05) is 0 Å². The van der Waals surface area contributed by atoms with Gasteiger partial charge in [0, 0.05) is 0 Å². The molecule has 0 unspecified atom stereocenters. The van der Waals surface area contributed by atoms with Crippen molar-refractivity contribution < 1.29 is 35.5 Å². The van der Waals surface area contributed by atoms with Gasteiger partial charge in [0.1, 0.15) is 0 Å². The van der Waals surface area contributed by atoms with Crippen LogP contribution >= 0.6 is 11.8 Å². The van der Waals surface area contributed by atoms with Crippen molar-refractivity contribution >= 4 is 43.1 Å². The van der Waals surface area contributed by atoms with E-state index in [1.165, 1.54) is 0 Å². The molecule has 0 aromatic heterocycles. The maximum absolute atomic E-state index is 10.1. The molecule has 0 aromatic rings. The number of rotatable bonds is 3. The first kappa shape index (κ1) is 16.3. The van der Waals surface area contributed by atoms with Gasteiger partial charge in [0.15, 0.2) is 0 Å². The fourth-order valence-corrected chi connectivity index (χ4v) is 2.73. The van der Waals surface area contributed by atoms with Crippen LogP contribution in [0, 0.1) is 0 Å². The van der Waals surface area contributed by atoms with Gasteiger partial charge in [-0.1, -0.05) is 11.8 Å². The SMILES string of the molecule is O=C1CSC(=O)N1.O=S(=O)(O)CCS(=O)(=O)O. The Morgan fingerprint density at radius 3 is 1.59 bits per heavy atom. The molecule has 3 N–H and O–H groups in total. The van der Waals surface area contributed by atoms with Gasteiger partial charge in [-0.25, -0.2) is 0 Å². The van der Waals surface area contributed by atoms with Crippen LogP contribution in [-0.2, 0) is 25.0 Å². The van der Waals surface area contributed by atoms with Gasteiger partial charge in [0.05, 0.1) is 17.3 Å². The lowest BCUT2D eigenvalue weighted by atomic mass is 10.7. The van der Waals surface area contributed by atoms with Crippen molar-refractivity contribution in [1.29, 1.82) is 0 Å². The van der Waals surface area contributed by atoms with E-state index < -0.39 is 31.7 Å². The highest BCUT2D eigenvalue weighted by atomic mass is 32.2. The van der Waals surface area contributed by atoms with Crippen LogP contribution in [0.1, 0.15) is 0 Å². The lowest BCUT2D eigenvalue weighted by Crippen LogP contribution is -2.18. The van der Waals surface area contributed by atoms with E-state index in [0.29, 0.717) is 5.75 Å². The molecule has 1 saturated heterocycles. The maximum atomic E-state index is 10.1. The molecular weight excluding hydrogens is 298 g/mol. The molecule has 0 atom stereocenters. The minimum Gasteiger partial charge on any atom is -0.286 e. The Labute approximate surface area is 101 Å². The van der Waals surface area contributed by atoms with Crippen LogP contribution in [0.15, 0.2) is 0 Å². The maximum Gasteiger partial charge on any atom is 0.286 e. The zero-order valence-electron chi connectivity index (χ0n) is 8.19. The van der Waals surface area contributed by atoms with E-state index in [9.17, 15) is 26.4 Å². The van der Waals surface area contributed by atoms with E-state index in [-0.39, 0.29) is 11.1 Å². The summed E-state index contributed by atoms with van der Waals surface area (Å²) in [4.78, 5) is 20.2. The molecule has 1 heterocycles. The van der Waals surface area contributed by atoms with E-state index in [4.69, 9.17) is 9.11 Å². The van der Waals surface area contributed by atoms with E-state index in [0.717, 1.165) is 11.8 Å². The molecule has 1 fully saturated rings. The minimum absolute atomic E-state index is 0.185. The van der Waals surface area contributed by atoms with Gasteiger partial charge in [0.2, 0.25) is 5.91 Å². The van der Waals surface area contributed by atoms with Crippen molar-refractivity contribution in [3.63, 3.8) is 0 Å². The summed E-state index contributed by atoms with van der Waals surface area (Å²) in [5.74, 6) is -1.86. The van der Waals surface area contributed by atoms with Crippen molar-refractivity contribution in [3.8, 4) is 0 Å². The van der Waals surface area contributed by atoms with Crippen LogP contribution in [0.4, 0.5) is 4.79 Å². The third kappa shape index (κ3) is 11.6. The highest BCUT2D eigenvalue weighted by molar-refractivity contribution is 8.14. The van der Waals surface area contributed by atoms with Crippen molar-refractivity contribution in [1.82, 2.24) is 5.32 Å². The molecule has 100 valence electrons. The second-order valence-electron chi connectivity index (χ2n) is 2.70. The zero-order valence-corrected chi connectivity index (χ0v) is 10.6. The summed E-state index contributed by atoms with van der Waals surface area (Å²) < 4.78 is 55.4. The Morgan fingerprint density at radius 2 is 1.47 bits per heavy atom. The highest BCUT2D eigenvalue weighted by Crippen LogP contribution is 2.06. The number of carbonyl (C=O) groups excluding carboxylic acids is 2. The molecule has 2 amide bonds. The van der Waals surface area contributed by atoms with Crippen molar-refractivity contribution in [2.75, 3.05) is 17.3 Å². The predicted molar refractivity (Wildman–Crippen MR) is 58.8 cm³/mol. The summed E-state index contributed by atoms with van der Waals surface area (Å²) in [7, 11) is -8.59. The highest BCUT2D eigenvalue weighted by Gasteiger charge is 2.16. The summed E-state index contributed by atoms with van der Waals surface area (Å²) in [6.45, 7) is 0. The molecule has 0 radical (unpaired) electrons. The number of nitrogens with one attached hydrogen (secondary N) is 1. The van der Waals surface area contributed by atoms with Crippen molar-refractivity contribution in [2.24, 2.45) is 0 Å². The lowest BCUT2D eigenvalue weighted by Gasteiger charge is -1.92. The Kier molecular flexibility index (Phi) is 6.04. The van der Waals surface area contributed by atoms with Crippen LogP contribution in [0.25, 0.3) is 0 Å². The van der Waals surface area contributed by atoms with Crippen molar-refractivity contribution in [2.45, 2.75) is 0 Å². The number of carbonyl (C=O) groups is 2. The van der Waals surface area contributed by atoms with Gasteiger partial charge in [0.25, 0.3) is 25.5 Å². The van der Waals surface area contributed by atoms with Crippen LogP contribution in [-0.4, -0.2) is 54.3 Å². The Bertz CT molecular complexity index is 445. The topological polar surface area (TPSA) is 155 Å². The Morgan fingerprint density at radius 1 is 1.06 bits per heavy atom. The molecule has 0 saturated carbocycles. The van der Waals surface area contributed by atoms with Gasteiger partial charge in [-0.15, -0.1) is 0 Å².